The maximum absolute atomic E-state index is 12.5. The highest BCUT2D eigenvalue weighted by Gasteiger charge is 2.47. The van der Waals surface area contributed by atoms with E-state index in [1.807, 2.05) is 31.2 Å². The first-order valence-corrected chi connectivity index (χ1v) is 9.39. The molecule has 2 heterocycles. The topological polar surface area (TPSA) is 88.6 Å². The number of unbranched alkanes of at least 4 members (excludes halogenated alkanes) is 1. The maximum Gasteiger partial charge on any atom is 0.326 e. The molecule has 7 nitrogen and oxygen atoms in total. The van der Waals surface area contributed by atoms with Crippen LogP contribution in [0, 0.1) is 0 Å². The fourth-order valence-corrected chi connectivity index (χ4v) is 3.77. The predicted molar refractivity (Wildman–Crippen MR) is 97.6 cm³/mol. The number of para-hydroxylation sites is 1. The van der Waals surface area contributed by atoms with Crippen LogP contribution in [-0.2, 0) is 20.9 Å². The number of nitrogens with zero attached hydrogens (tertiary/aromatic N) is 2. The van der Waals surface area contributed by atoms with E-state index in [9.17, 15) is 14.4 Å². The van der Waals surface area contributed by atoms with Crippen LogP contribution >= 0.6 is 11.3 Å². The molecule has 0 spiro atoms. The monoisotopic (exact) mass is 375 g/mol. The molecule has 26 heavy (non-hydrogen) atoms. The second kappa shape index (κ2) is 7.41. The Bertz CT molecular complexity index is 817. The second-order valence-electron chi connectivity index (χ2n) is 6.49. The quantitative estimate of drug-likeness (QED) is 0.594. The lowest BCUT2D eigenvalue weighted by Crippen LogP contribution is -2.44. The first kappa shape index (κ1) is 18.3. The number of ether oxygens (including phenoxy) is 1. The molecule has 0 bridgehead atoms. The van der Waals surface area contributed by atoms with E-state index in [0.29, 0.717) is 11.4 Å². The highest BCUT2D eigenvalue weighted by Crippen LogP contribution is 2.24. The van der Waals surface area contributed by atoms with Gasteiger partial charge in [0.05, 0.1) is 10.2 Å². The molecule has 1 aromatic heterocycles. The number of rotatable bonds is 7. The third-order valence-corrected chi connectivity index (χ3v) is 5.37. The van der Waals surface area contributed by atoms with Crippen LogP contribution in [0.1, 0.15) is 38.1 Å². The van der Waals surface area contributed by atoms with E-state index in [1.54, 1.807) is 6.92 Å². The normalized spacial score (nSPS) is 19.8. The molecule has 1 fully saturated rings. The fraction of sp³-hybridized carbons (Fsp3) is 0.444. The van der Waals surface area contributed by atoms with Crippen molar-refractivity contribution in [2.24, 2.45) is 0 Å². The Balaban J connectivity index is 1.57. The summed E-state index contributed by atoms with van der Waals surface area (Å²) in [4.78, 5) is 42.0. The third kappa shape index (κ3) is 3.70. The van der Waals surface area contributed by atoms with Crippen molar-refractivity contribution in [3.05, 3.63) is 29.3 Å². The molecule has 0 saturated carbocycles. The number of nitrogens with one attached hydrogen (secondary N) is 1. The smallest absolute Gasteiger partial charge is 0.326 e. The summed E-state index contributed by atoms with van der Waals surface area (Å²) >= 11 is 1.44. The number of carbonyl (C=O) groups excluding carboxylic acids is 3. The van der Waals surface area contributed by atoms with Crippen LogP contribution in [-0.4, -0.2) is 39.9 Å². The number of urea groups is 1. The van der Waals surface area contributed by atoms with Crippen LogP contribution in [0.4, 0.5) is 4.79 Å². The summed E-state index contributed by atoms with van der Waals surface area (Å²) < 4.78 is 6.21. The summed E-state index contributed by atoms with van der Waals surface area (Å²) in [6, 6.07) is 7.10. The molecular weight excluding hydrogens is 354 g/mol. The molecule has 3 amide bonds. The van der Waals surface area contributed by atoms with Gasteiger partial charge >= 0.3 is 12.0 Å². The average Bonchev–Trinajstić information content (AvgIpc) is 3.13. The summed E-state index contributed by atoms with van der Waals surface area (Å²) in [5, 5.41) is 3.35. The van der Waals surface area contributed by atoms with Crippen LogP contribution in [0.25, 0.3) is 10.2 Å². The molecule has 1 aliphatic heterocycles. The zero-order chi connectivity index (χ0) is 18.7. The highest BCUT2D eigenvalue weighted by molar-refractivity contribution is 7.18. The van der Waals surface area contributed by atoms with Gasteiger partial charge in [0.25, 0.3) is 5.91 Å². The van der Waals surface area contributed by atoms with E-state index in [0.717, 1.165) is 28.0 Å². The van der Waals surface area contributed by atoms with Gasteiger partial charge in [0.2, 0.25) is 0 Å². The fourth-order valence-electron chi connectivity index (χ4n) is 2.89. The number of hydrogen-bond acceptors (Lipinski definition) is 6. The number of esters is 1. The second-order valence-corrected chi connectivity index (χ2v) is 7.61. The van der Waals surface area contributed by atoms with E-state index in [-0.39, 0.29) is 12.5 Å². The largest absolute Gasteiger partial charge is 0.457 e. The summed E-state index contributed by atoms with van der Waals surface area (Å²) in [6.07, 6.45) is 2.28. The van der Waals surface area contributed by atoms with Crippen LogP contribution in [0.2, 0.25) is 0 Å². The molecule has 3 rings (SSSR count). The Morgan fingerprint density at radius 2 is 2.12 bits per heavy atom. The van der Waals surface area contributed by atoms with Gasteiger partial charge in [0, 0.05) is 0 Å². The number of carbonyl (C=O) groups is 3. The molecule has 1 N–H and O–H groups in total. The molecule has 0 radical (unpaired) electrons. The Hall–Kier alpha value is -2.48. The van der Waals surface area contributed by atoms with E-state index in [1.165, 1.54) is 11.3 Å². The summed E-state index contributed by atoms with van der Waals surface area (Å²) in [5.41, 5.74) is -0.0928. The number of hydrogen-bond donors (Lipinski definition) is 1. The van der Waals surface area contributed by atoms with E-state index < -0.39 is 24.1 Å². The molecule has 1 saturated heterocycles. The number of imide groups is 1. The van der Waals surface area contributed by atoms with Gasteiger partial charge in [-0.05, 0) is 25.5 Å². The van der Waals surface area contributed by atoms with E-state index in [4.69, 9.17) is 4.74 Å². The van der Waals surface area contributed by atoms with Crippen molar-refractivity contribution in [1.82, 2.24) is 15.2 Å². The van der Waals surface area contributed by atoms with Gasteiger partial charge in [-0.15, -0.1) is 11.3 Å². The maximum atomic E-state index is 12.5. The molecule has 138 valence electrons. The van der Waals surface area contributed by atoms with Gasteiger partial charge in [-0.2, -0.15) is 0 Å². The Morgan fingerprint density at radius 3 is 2.85 bits per heavy atom. The Kier molecular flexibility index (Phi) is 5.22. The van der Waals surface area contributed by atoms with Crippen LogP contribution < -0.4 is 5.32 Å². The van der Waals surface area contributed by atoms with Gasteiger partial charge in [0.1, 0.15) is 23.7 Å². The summed E-state index contributed by atoms with van der Waals surface area (Å²) in [6.45, 7) is 3.34. The number of benzene rings is 1. The average molecular weight is 375 g/mol. The minimum absolute atomic E-state index is 0.0228. The van der Waals surface area contributed by atoms with Crippen LogP contribution in [0.15, 0.2) is 24.3 Å². The lowest BCUT2D eigenvalue weighted by molar-refractivity contribution is -0.148. The van der Waals surface area contributed by atoms with Crippen molar-refractivity contribution in [1.29, 1.82) is 0 Å². The van der Waals surface area contributed by atoms with Crippen molar-refractivity contribution in [3.63, 3.8) is 0 Å². The van der Waals surface area contributed by atoms with Gasteiger partial charge in [-0.25, -0.2) is 9.78 Å². The number of amides is 3. The van der Waals surface area contributed by atoms with Crippen molar-refractivity contribution < 1.29 is 19.1 Å². The molecule has 2 aromatic rings. The summed E-state index contributed by atoms with van der Waals surface area (Å²) in [5.74, 6) is -1.01. The first-order valence-electron chi connectivity index (χ1n) is 8.57. The van der Waals surface area contributed by atoms with Crippen LogP contribution in [0.3, 0.4) is 0 Å². The van der Waals surface area contributed by atoms with Gasteiger partial charge in [-0.3, -0.25) is 14.5 Å². The predicted octanol–water partition coefficient (Wildman–Crippen LogP) is 2.84. The number of fused-ring (bicyclic) bond motifs is 1. The van der Waals surface area contributed by atoms with Gasteiger partial charge < -0.3 is 10.1 Å². The van der Waals surface area contributed by atoms with Crippen molar-refractivity contribution in [2.45, 2.75) is 45.3 Å². The van der Waals surface area contributed by atoms with Crippen molar-refractivity contribution >= 4 is 39.5 Å². The number of thiazole rings is 1. The van der Waals surface area contributed by atoms with Gasteiger partial charge in [-0.1, -0.05) is 31.9 Å². The summed E-state index contributed by atoms with van der Waals surface area (Å²) in [7, 11) is 0. The Morgan fingerprint density at radius 1 is 1.35 bits per heavy atom. The lowest BCUT2D eigenvalue weighted by atomic mass is 9.95. The zero-order valence-corrected chi connectivity index (χ0v) is 15.6. The SMILES string of the molecule is CCCC[C@@]1(C)NC(=O)N(CC(=O)OCc2nc3ccccc3s2)C1=O. The lowest BCUT2D eigenvalue weighted by Gasteiger charge is -2.20. The minimum Gasteiger partial charge on any atom is -0.457 e. The molecule has 1 aliphatic rings. The zero-order valence-electron chi connectivity index (χ0n) is 14.8. The van der Waals surface area contributed by atoms with Crippen molar-refractivity contribution in [2.75, 3.05) is 6.54 Å². The number of aromatic nitrogens is 1. The van der Waals surface area contributed by atoms with Crippen LogP contribution in [0.5, 0.6) is 0 Å². The molecule has 1 aromatic carbocycles. The van der Waals surface area contributed by atoms with E-state index in [2.05, 4.69) is 10.3 Å². The van der Waals surface area contributed by atoms with Crippen molar-refractivity contribution in [3.8, 4) is 0 Å². The minimum atomic E-state index is -0.944. The molecule has 1 atom stereocenters. The molecule has 0 aliphatic carbocycles. The third-order valence-electron chi connectivity index (χ3n) is 4.36. The molecule has 8 heteroatoms. The first-order chi connectivity index (χ1) is 12.4. The van der Waals surface area contributed by atoms with E-state index >= 15 is 0 Å². The molecule has 0 unspecified atom stereocenters. The Labute approximate surface area is 155 Å². The molecular formula is C18H21N3O4S. The highest BCUT2D eigenvalue weighted by atomic mass is 32.1. The van der Waals surface area contributed by atoms with Gasteiger partial charge in [0.15, 0.2) is 0 Å². The standard InChI is InChI=1S/C18H21N3O4S/c1-3-4-9-18(2)16(23)21(17(24)20-18)10-15(22)25-11-14-19-12-7-5-6-8-13(12)26-14/h5-8H,3-4,9-11H2,1-2H3,(H,20,24)/t18-/m1/s1.